The van der Waals surface area contributed by atoms with Crippen molar-refractivity contribution in [3.05, 3.63) is 59.4 Å². The molecule has 0 aliphatic heterocycles. The van der Waals surface area contributed by atoms with Crippen LogP contribution in [0.1, 0.15) is 61.6 Å². The molecule has 1 aromatic carbocycles. The van der Waals surface area contributed by atoms with Gasteiger partial charge >= 0.3 is 5.97 Å². The Bertz CT molecular complexity index is 1000. The summed E-state index contributed by atoms with van der Waals surface area (Å²) in [6, 6.07) is 10.3. The molecule has 1 fully saturated rings. The molecule has 1 aliphatic carbocycles. The minimum atomic E-state index is -1.00. The van der Waals surface area contributed by atoms with Gasteiger partial charge in [0.15, 0.2) is 0 Å². The van der Waals surface area contributed by atoms with Crippen LogP contribution in [0.25, 0.3) is 0 Å². The summed E-state index contributed by atoms with van der Waals surface area (Å²) >= 11 is 0. The fourth-order valence-electron chi connectivity index (χ4n) is 3.94. The van der Waals surface area contributed by atoms with Crippen LogP contribution in [0, 0.1) is 17.8 Å². The maximum Gasteiger partial charge on any atom is 0.335 e. The van der Waals surface area contributed by atoms with E-state index in [2.05, 4.69) is 36.4 Å². The molecule has 2 aromatic rings. The third kappa shape index (κ3) is 7.22. The summed E-state index contributed by atoms with van der Waals surface area (Å²) in [4.78, 5) is 40.8. The number of carboxylic acids is 1. The standard InChI is InChI=1S/C26H33N3O4/c1-16(2)12-23(28-15-20-14-19(26(32)33)10-11-27-20)24(30)9-8-18-6-4-5-7-22(18)29-25(31)21-13-17(21)3/h4-7,10-11,14,16-17,21,23,28H,8-9,12-13,15H2,1-3H3,(H,29,31)(H,32,33)/t17?,21?,23-/m0/s1. The molecule has 0 spiro atoms. The molecule has 0 bridgehead atoms. The van der Waals surface area contributed by atoms with Crippen molar-refractivity contribution in [2.24, 2.45) is 17.8 Å². The van der Waals surface area contributed by atoms with Gasteiger partial charge in [0, 0.05) is 30.8 Å². The Hall–Kier alpha value is -3.06. The van der Waals surface area contributed by atoms with Gasteiger partial charge in [0.25, 0.3) is 0 Å². The van der Waals surface area contributed by atoms with Crippen LogP contribution in [-0.2, 0) is 22.6 Å². The van der Waals surface area contributed by atoms with Crippen molar-refractivity contribution in [2.75, 3.05) is 5.32 Å². The molecule has 3 rings (SSSR count). The lowest BCUT2D eigenvalue weighted by molar-refractivity contribution is -0.121. The fourth-order valence-corrected chi connectivity index (χ4v) is 3.94. The van der Waals surface area contributed by atoms with Gasteiger partial charge in [-0.3, -0.25) is 14.6 Å². The number of amides is 1. The largest absolute Gasteiger partial charge is 0.478 e. The van der Waals surface area contributed by atoms with E-state index < -0.39 is 5.97 Å². The van der Waals surface area contributed by atoms with Gasteiger partial charge in [0.1, 0.15) is 5.78 Å². The van der Waals surface area contributed by atoms with E-state index in [1.807, 2.05) is 24.3 Å². The number of aromatic carboxylic acids is 1. The highest BCUT2D eigenvalue weighted by atomic mass is 16.4. The Labute approximate surface area is 195 Å². The van der Waals surface area contributed by atoms with E-state index in [4.69, 9.17) is 5.11 Å². The molecule has 176 valence electrons. The zero-order valence-corrected chi connectivity index (χ0v) is 19.5. The molecule has 2 unspecified atom stereocenters. The number of Topliss-reactive ketones (excluding diaryl/α,β-unsaturated/α-hetero) is 1. The van der Waals surface area contributed by atoms with Crippen LogP contribution in [0.4, 0.5) is 5.69 Å². The number of para-hydroxylation sites is 1. The number of carbonyl (C=O) groups is 3. The Morgan fingerprint density at radius 1 is 1.18 bits per heavy atom. The molecular weight excluding hydrogens is 418 g/mol. The number of carbonyl (C=O) groups excluding carboxylic acids is 2. The van der Waals surface area contributed by atoms with Crippen LogP contribution in [0.3, 0.4) is 0 Å². The van der Waals surface area contributed by atoms with Crippen LogP contribution in [-0.4, -0.2) is 33.8 Å². The number of pyridine rings is 1. The number of aryl methyl sites for hydroxylation is 1. The zero-order valence-electron chi connectivity index (χ0n) is 19.5. The van der Waals surface area contributed by atoms with E-state index >= 15 is 0 Å². The number of nitrogens with one attached hydrogen (secondary N) is 2. The van der Waals surface area contributed by atoms with Crippen LogP contribution in [0.5, 0.6) is 0 Å². The number of rotatable bonds is 12. The average Bonchev–Trinajstić information content (AvgIpc) is 3.52. The summed E-state index contributed by atoms with van der Waals surface area (Å²) in [6.45, 7) is 6.52. The summed E-state index contributed by atoms with van der Waals surface area (Å²) in [6.07, 6.45) is 3.96. The Morgan fingerprint density at radius 2 is 1.91 bits per heavy atom. The molecule has 0 radical (unpaired) electrons. The molecular formula is C26H33N3O4. The smallest absolute Gasteiger partial charge is 0.335 e. The van der Waals surface area contributed by atoms with Gasteiger partial charge in [-0.15, -0.1) is 0 Å². The van der Waals surface area contributed by atoms with Crippen molar-refractivity contribution >= 4 is 23.3 Å². The van der Waals surface area contributed by atoms with E-state index in [0.29, 0.717) is 43.3 Å². The van der Waals surface area contributed by atoms with Crippen LogP contribution in [0.2, 0.25) is 0 Å². The van der Waals surface area contributed by atoms with Crippen molar-refractivity contribution in [1.29, 1.82) is 0 Å². The topological polar surface area (TPSA) is 108 Å². The highest BCUT2D eigenvalue weighted by Gasteiger charge is 2.39. The quantitative estimate of drug-likeness (QED) is 0.449. The first kappa shape index (κ1) is 24.6. The maximum absolute atomic E-state index is 13.1. The predicted octanol–water partition coefficient (Wildman–Crippen LogP) is 4.08. The monoisotopic (exact) mass is 451 g/mol. The van der Waals surface area contributed by atoms with E-state index in [-0.39, 0.29) is 29.2 Å². The third-order valence-electron chi connectivity index (χ3n) is 6.05. The van der Waals surface area contributed by atoms with Gasteiger partial charge in [0.2, 0.25) is 5.91 Å². The molecule has 33 heavy (non-hydrogen) atoms. The van der Waals surface area contributed by atoms with Crippen LogP contribution < -0.4 is 10.6 Å². The number of hydrogen-bond acceptors (Lipinski definition) is 5. The number of aromatic nitrogens is 1. The molecule has 3 N–H and O–H groups in total. The average molecular weight is 452 g/mol. The van der Waals surface area contributed by atoms with Gasteiger partial charge in [-0.2, -0.15) is 0 Å². The number of hydrogen-bond donors (Lipinski definition) is 3. The normalized spacial score (nSPS) is 18.1. The molecule has 7 heteroatoms. The minimum Gasteiger partial charge on any atom is -0.478 e. The van der Waals surface area contributed by atoms with Gasteiger partial charge < -0.3 is 15.7 Å². The minimum absolute atomic E-state index is 0.0525. The molecule has 7 nitrogen and oxygen atoms in total. The van der Waals surface area contributed by atoms with Crippen molar-refractivity contribution in [1.82, 2.24) is 10.3 Å². The lowest BCUT2D eigenvalue weighted by atomic mass is 9.95. The summed E-state index contributed by atoms with van der Waals surface area (Å²) < 4.78 is 0. The van der Waals surface area contributed by atoms with Gasteiger partial charge in [-0.05, 0) is 54.9 Å². The van der Waals surface area contributed by atoms with E-state index in [1.165, 1.54) is 18.3 Å². The first-order valence-electron chi connectivity index (χ1n) is 11.6. The van der Waals surface area contributed by atoms with Gasteiger partial charge in [-0.25, -0.2) is 4.79 Å². The molecule has 1 saturated carbocycles. The molecule has 1 aromatic heterocycles. The summed E-state index contributed by atoms with van der Waals surface area (Å²) in [5.41, 5.74) is 2.48. The second kappa shape index (κ2) is 11.2. The fraction of sp³-hybridized carbons (Fsp3) is 0.462. The lowest BCUT2D eigenvalue weighted by Gasteiger charge is -2.20. The number of ketones is 1. The summed E-state index contributed by atoms with van der Waals surface area (Å²) in [5.74, 6) is -0.0150. The van der Waals surface area contributed by atoms with E-state index in [9.17, 15) is 14.4 Å². The first-order chi connectivity index (χ1) is 15.7. The van der Waals surface area contributed by atoms with Crippen molar-refractivity contribution < 1.29 is 19.5 Å². The second-order valence-corrected chi connectivity index (χ2v) is 9.34. The first-order valence-corrected chi connectivity index (χ1v) is 11.6. The van der Waals surface area contributed by atoms with Crippen molar-refractivity contribution in [3.63, 3.8) is 0 Å². The summed E-state index contributed by atoms with van der Waals surface area (Å²) in [5, 5.41) is 15.5. The molecule has 1 amide bonds. The van der Waals surface area contributed by atoms with Crippen LogP contribution in [0.15, 0.2) is 42.6 Å². The van der Waals surface area contributed by atoms with Crippen molar-refractivity contribution in [2.45, 2.75) is 59.0 Å². The number of carboxylic acid groups (broad SMARTS) is 1. The molecule has 3 atom stereocenters. The zero-order chi connectivity index (χ0) is 24.0. The lowest BCUT2D eigenvalue weighted by Crippen LogP contribution is -2.38. The van der Waals surface area contributed by atoms with Gasteiger partial charge in [-0.1, -0.05) is 39.0 Å². The van der Waals surface area contributed by atoms with E-state index in [1.54, 1.807) is 0 Å². The molecule has 1 aliphatic rings. The third-order valence-corrected chi connectivity index (χ3v) is 6.05. The van der Waals surface area contributed by atoms with E-state index in [0.717, 1.165) is 17.7 Å². The molecule has 0 saturated heterocycles. The van der Waals surface area contributed by atoms with Crippen molar-refractivity contribution in [3.8, 4) is 0 Å². The highest BCUT2D eigenvalue weighted by molar-refractivity contribution is 5.95. The van der Waals surface area contributed by atoms with Gasteiger partial charge in [0.05, 0.1) is 17.3 Å². The summed E-state index contributed by atoms with van der Waals surface area (Å²) in [7, 11) is 0. The predicted molar refractivity (Wildman–Crippen MR) is 127 cm³/mol. The number of nitrogens with zero attached hydrogens (tertiary/aromatic N) is 1. The highest BCUT2D eigenvalue weighted by Crippen LogP contribution is 2.38. The Kier molecular flexibility index (Phi) is 8.33. The maximum atomic E-state index is 13.1. The molecule has 1 heterocycles. The second-order valence-electron chi connectivity index (χ2n) is 9.34. The SMILES string of the molecule is CC(C)C[C@H](NCc1cc(C(=O)O)ccn1)C(=O)CCc1ccccc1NC(=O)C1CC1C. The number of benzene rings is 1. The number of anilines is 1. The Morgan fingerprint density at radius 3 is 2.58 bits per heavy atom. The Balaban J connectivity index is 1.61. The van der Waals surface area contributed by atoms with Crippen LogP contribution >= 0.6 is 0 Å².